The third-order valence-corrected chi connectivity index (χ3v) is 6.37. The molecular formula is C32H32N8. The Morgan fingerprint density at radius 3 is 2.15 bits per heavy atom. The van der Waals surface area contributed by atoms with Crippen LogP contribution in [0.5, 0.6) is 0 Å². The molecule has 0 aliphatic rings. The molecule has 0 atom stereocenters. The number of hydrogen-bond donors (Lipinski definition) is 3. The average molecular weight is 529 g/mol. The largest absolute Gasteiger partial charge is 0.345 e. The van der Waals surface area contributed by atoms with Crippen LogP contribution in [0.15, 0.2) is 104 Å². The Balaban J connectivity index is 0.000000108. The first-order valence-corrected chi connectivity index (χ1v) is 13.0. The first-order chi connectivity index (χ1) is 19.5. The van der Waals surface area contributed by atoms with E-state index in [2.05, 4.69) is 73.0 Å². The highest BCUT2D eigenvalue weighted by molar-refractivity contribution is 5.78. The van der Waals surface area contributed by atoms with Crippen molar-refractivity contribution >= 4 is 44.1 Å². The first-order valence-electron chi connectivity index (χ1n) is 13.0. The molecule has 0 bridgehead atoms. The van der Waals surface area contributed by atoms with Crippen LogP contribution in [0.25, 0.3) is 44.1 Å². The standard InChI is InChI=1S/4C8H8N2/c1-6-2-3-7-8(4-6)10-5-9-7;1-6-3-2-4-7-8(6)10-5-9-7;1-10-6-9-7-4-2-3-5-8(7)10;1-6-9-7-4-2-3-5-8(7)10-6/h2*2-5H,1H3,(H,9,10);2-6H,1H3;2-5H,1H3,(H,9,10). The van der Waals surface area contributed by atoms with Crippen molar-refractivity contribution in [2.24, 2.45) is 7.05 Å². The van der Waals surface area contributed by atoms with Crippen molar-refractivity contribution in [2.45, 2.75) is 20.8 Å². The number of nitrogens with zero attached hydrogens (tertiary/aromatic N) is 5. The fourth-order valence-corrected chi connectivity index (χ4v) is 4.33. The van der Waals surface area contributed by atoms with Gasteiger partial charge in [-0.1, -0.05) is 42.5 Å². The van der Waals surface area contributed by atoms with Gasteiger partial charge in [-0.15, -0.1) is 0 Å². The molecule has 4 heterocycles. The molecule has 0 aliphatic carbocycles. The second kappa shape index (κ2) is 12.1. The van der Waals surface area contributed by atoms with E-state index < -0.39 is 0 Å². The maximum absolute atomic E-state index is 4.26. The second-order valence-corrected chi connectivity index (χ2v) is 9.48. The van der Waals surface area contributed by atoms with Gasteiger partial charge in [-0.05, 0) is 74.4 Å². The van der Waals surface area contributed by atoms with Gasteiger partial charge in [-0.25, -0.2) is 19.9 Å². The van der Waals surface area contributed by atoms with Gasteiger partial charge in [0.2, 0.25) is 0 Å². The van der Waals surface area contributed by atoms with Crippen LogP contribution >= 0.6 is 0 Å². The zero-order chi connectivity index (χ0) is 27.9. The normalized spacial score (nSPS) is 10.5. The molecule has 0 radical (unpaired) electrons. The van der Waals surface area contributed by atoms with Crippen molar-refractivity contribution in [3.63, 3.8) is 0 Å². The fourth-order valence-electron chi connectivity index (χ4n) is 4.33. The molecule has 4 aromatic heterocycles. The molecule has 0 saturated heterocycles. The van der Waals surface area contributed by atoms with E-state index in [9.17, 15) is 0 Å². The topological polar surface area (TPSA) is 104 Å². The minimum Gasteiger partial charge on any atom is -0.345 e. The molecule has 0 spiro atoms. The van der Waals surface area contributed by atoms with Crippen LogP contribution in [-0.4, -0.2) is 39.5 Å². The van der Waals surface area contributed by atoms with Crippen molar-refractivity contribution in [1.82, 2.24) is 39.5 Å². The molecule has 8 nitrogen and oxygen atoms in total. The number of imidazole rings is 4. The summed E-state index contributed by atoms with van der Waals surface area (Å²) in [6.45, 7) is 6.09. The van der Waals surface area contributed by atoms with Crippen LogP contribution in [0.2, 0.25) is 0 Å². The molecule has 0 amide bonds. The van der Waals surface area contributed by atoms with Gasteiger partial charge in [0.1, 0.15) is 5.82 Å². The summed E-state index contributed by atoms with van der Waals surface area (Å²) in [6.07, 6.45) is 5.26. The van der Waals surface area contributed by atoms with Gasteiger partial charge < -0.3 is 19.5 Å². The summed E-state index contributed by atoms with van der Waals surface area (Å²) in [4.78, 5) is 26.0. The van der Waals surface area contributed by atoms with Gasteiger partial charge in [0.15, 0.2) is 0 Å². The van der Waals surface area contributed by atoms with E-state index in [0.717, 1.165) is 44.4 Å². The highest BCUT2D eigenvalue weighted by atomic mass is 15.0. The number of aryl methyl sites for hydroxylation is 4. The summed E-state index contributed by atoms with van der Waals surface area (Å²) < 4.78 is 2.01. The molecule has 0 fully saturated rings. The third-order valence-electron chi connectivity index (χ3n) is 6.37. The quantitative estimate of drug-likeness (QED) is 0.194. The summed E-state index contributed by atoms with van der Waals surface area (Å²) in [5, 5.41) is 0. The third kappa shape index (κ3) is 6.24. The number of nitrogens with one attached hydrogen (secondary N) is 3. The van der Waals surface area contributed by atoms with E-state index in [-0.39, 0.29) is 0 Å². The van der Waals surface area contributed by atoms with E-state index in [1.807, 2.05) is 85.5 Å². The van der Waals surface area contributed by atoms with E-state index in [4.69, 9.17) is 0 Å². The van der Waals surface area contributed by atoms with Crippen LogP contribution in [0.3, 0.4) is 0 Å². The Morgan fingerprint density at radius 2 is 1.35 bits per heavy atom. The van der Waals surface area contributed by atoms with Crippen molar-refractivity contribution in [3.05, 3.63) is 121 Å². The van der Waals surface area contributed by atoms with E-state index >= 15 is 0 Å². The number of rotatable bonds is 0. The monoisotopic (exact) mass is 528 g/mol. The lowest BCUT2D eigenvalue weighted by molar-refractivity contribution is 0.948. The van der Waals surface area contributed by atoms with Gasteiger partial charge in [0, 0.05) is 7.05 Å². The molecule has 8 rings (SSSR count). The van der Waals surface area contributed by atoms with Gasteiger partial charge in [-0.3, -0.25) is 0 Å². The maximum atomic E-state index is 4.26. The van der Waals surface area contributed by atoms with Crippen LogP contribution < -0.4 is 0 Å². The average Bonchev–Trinajstić information content (AvgIpc) is 3.76. The molecule has 40 heavy (non-hydrogen) atoms. The molecule has 200 valence electrons. The highest BCUT2D eigenvalue weighted by Gasteiger charge is 1.96. The number of benzene rings is 4. The summed E-state index contributed by atoms with van der Waals surface area (Å²) >= 11 is 0. The van der Waals surface area contributed by atoms with Crippen molar-refractivity contribution < 1.29 is 0 Å². The number of aromatic nitrogens is 8. The SMILES string of the molecule is Cc1ccc2nc[nH]c2c1.Cc1cccc2[nH]cnc12.Cc1nc2ccccc2[nH]1.Cn1cnc2ccccc21. The molecule has 0 aliphatic heterocycles. The number of fused-ring (bicyclic) bond motifs is 4. The molecule has 8 aromatic rings. The van der Waals surface area contributed by atoms with Gasteiger partial charge in [0.05, 0.1) is 63.1 Å². The van der Waals surface area contributed by atoms with E-state index in [0.29, 0.717) is 0 Å². The Kier molecular flexibility index (Phi) is 7.97. The number of para-hydroxylation sites is 5. The predicted molar refractivity (Wildman–Crippen MR) is 163 cm³/mol. The van der Waals surface area contributed by atoms with Crippen LogP contribution in [0.1, 0.15) is 17.0 Å². The second-order valence-electron chi connectivity index (χ2n) is 9.48. The predicted octanol–water partition coefficient (Wildman–Crippen LogP) is 7.19. The number of aromatic amines is 3. The lowest BCUT2D eigenvalue weighted by Gasteiger charge is -1.90. The van der Waals surface area contributed by atoms with Crippen LogP contribution in [0, 0.1) is 20.8 Å². The van der Waals surface area contributed by atoms with Crippen molar-refractivity contribution in [2.75, 3.05) is 0 Å². The molecule has 0 saturated carbocycles. The van der Waals surface area contributed by atoms with Crippen molar-refractivity contribution in [1.29, 1.82) is 0 Å². The lowest BCUT2D eigenvalue weighted by Crippen LogP contribution is -1.81. The van der Waals surface area contributed by atoms with Gasteiger partial charge >= 0.3 is 0 Å². The Labute approximate surface area is 232 Å². The number of hydrogen-bond acceptors (Lipinski definition) is 4. The zero-order valence-corrected chi connectivity index (χ0v) is 23.1. The summed E-state index contributed by atoms with van der Waals surface area (Å²) in [5.41, 5.74) is 11.2. The summed E-state index contributed by atoms with van der Waals surface area (Å²) in [6, 6.07) is 28.4. The molecule has 8 heteroatoms. The molecular weight excluding hydrogens is 496 g/mol. The first kappa shape index (κ1) is 26.4. The van der Waals surface area contributed by atoms with Crippen LogP contribution in [0.4, 0.5) is 0 Å². The minimum atomic E-state index is 0.973. The van der Waals surface area contributed by atoms with Gasteiger partial charge in [-0.2, -0.15) is 0 Å². The lowest BCUT2D eigenvalue weighted by atomic mass is 10.2. The Bertz CT molecular complexity index is 1920. The van der Waals surface area contributed by atoms with Gasteiger partial charge in [0.25, 0.3) is 0 Å². The highest BCUT2D eigenvalue weighted by Crippen LogP contribution is 2.13. The zero-order valence-electron chi connectivity index (χ0n) is 23.1. The minimum absolute atomic E-state index is 0.973. The smallest absolute Gasteiger partial charge is 0.104 e. The van der Waals surface area contributed by atoms with Crippen LogP contribution in [-0.2, 0) is 7.05 Å². The maximum Gasteiger partial charge on any atom is 0.104 e. The van der Waals surface area contributed by atoms with E-state index in [1.54, 1.807) is 12.7 Å². The molecule has 0 unspecified atom stereocenters. The fraction of sp³-hybridized carbons (Fsp3) is 0.125. The van der Waals surface area contributed by atoms with Crippen molar-refractivity contribution in [3.8, 4) is 0 Å². The Morgan fingerprint density at radius 1 is 0.625 bits per heavy atom. The summed E-state index contributed by atoms with van der Waals surface area (Å²) in [5.74, 6) is 0.973. The molecule has 4 aromatic carbocycles. The van der Waals surface area contributed by atoms with E-state index in [1.165, 1.54) is 16.6 Å². The summed E-state index contributed by atoms with van der Waals surface area (Å²) in [7, 11) is 2.00. The Hall–Kier alpha value is -5.24. The number of H-pyrrole nitrogens is 3. The molecule has 3 N–H and O–H groups in total.